The predicted molar refractivity (Wildman–Crippen MR) is 42.4 cm³/mol. The van der Waals surface area contributed by atoms with E-state index in [-0.39, 0.29) is 11.6 Å². The largest absolute Gasteiger partial charge is 0.481 e. The molecular formula is C8H8FNO3. The van der Waals surface area contributed by atoms with Crippen LogP contribution in [0, 0.1) is 12.7 Å². The minimum Gasteiger partial charge on any atom is -0.481 e. The lowest BCUT2D eigenvalue weighted by atomic mass is 10.2. The predicted octanol–water partition coefficient (Wildman–Crippen LogP) is 1.24. The molecule has 0 amide bonds. The van der Waals surface area contributed by atoms with E-state index >= 15 is 0 Å². The number of aromatic carboxylic acids is 1. The molecule has 0 saturated heterocycles. The number of aromatic nitrogens is 1. The maximum atomic E-state index is 13.1. The summed E-state index contributed by atoms with van der Waals surface area (Å²) in [7, 11) is 1.34. The van der Waals surface area contributed by atoms with Crippen LogP contribution < -0.4 is 4.74 Å². The van der Waals surface area contributed by atoms with Crippen molar-refractivity contribution in [1.29, 1.82) is 0 Å². The van der Waals surface area contributed by atoms with Crippen molar-refractivity contribution in [2.45, 2.75) is 6.92 Å². The number of hydrogen-bond donors (Lipinski definition) is 1. The van der Waals surface area contributed by atoms with Crippen LogP contribution >= 0.6 is 0 Å². The van der Waals surface area contributed by atoms with Crippen LogP contribution in [0.5, 0.6) is 5.88 Å². The average Bonchev–Trinajstić information content (AvgIpc) is 2.09. The first-order valence-electron chi connectivity index (χ1n) is 3.50. The van der Waals surface area contributed by atoms with Crippen LogP contribution in [0.3, 0.4) is 0 Å². The Balaban J connectivity index is 3.33. The molecule has 1 heterocycles. The summed E-state index contributed by atoms with van der Waals surface area (Å²) < 4.78 is 17.8. The van der Waals surface area contributed by atoms with E-state index in [9.17, 15) is 9.18 Å². The normalized spacial score (nSPS) is 9.77. The van der Waals surface area contributed by atoms with Gasteiger partial charge in [-0.25, -0.2) is 14.2 Å². The third-order valence-electron chi connectivity index (χ3n) is 1.54. The number of aryl methyl sites for hydroxylation is 1. The van der Waals surface area contributed by atoms with Crippen molar-refractivity contribution < 1.29 is 19.0 Å². The van der Waals surface area contributed by atoms with Gasteiger partial charge in [-0.2, -0.15) is 0 Å². The van der Waals surface area contributed by atoms with Crippen LogP contribution in [0.1, 0.15) is 16.1 Å². The highest BCUT2D eigenvalue weighted by Crippen LogP contribution is 2.16. The number of pyridine rings is 1. The van der Waals surface area contributed by atoms with Gasteiger partial charge in [-0.3, -0.25) is 0 Å². The summed E-state index contributed by atoms with van der Waals surface area (Å²) in [6, 6.07) is 1.05. The Morgan fingerprint density at radius 3 is 2.77 bits per heavy atom. The molecule has 0 aromatic carbocycles. The van der Waals surface area contributed by atoms with Crippen LogP contribution in [0.15, 0.2) is 6.07 Å². The Hall–Kier alpha value is -1.65. The first-order valence-corrected chi connectivity index (χ1v) is 3.50. The van der Waals surface area contributed by atoms with Crippen molar-refractivity contribution in [1.82, 2.24) is 4.98 Å². The number of carboxylic acids is 1. The summed E-state index contributed by atoms with van der Waals surface area (Å²) in [5.41, 5.74) is -0.416. The van der Waals surface area contributed by atoms with Crippen LogP contribution in [-0.4, -0.2) is 23.2 Å². The summed E-state index contributed by atoms with van der Waals surface area (Å²) in [5, 5.41) is 8.59. The molecule has 0 aliphatic rings. The van der Waals surface area contributed by atoms with Gasteiger partial charge in [0.1, 0.15) is 5.56 Å². The number of carbonyl (C=O) groups is 1. The van der Waals surface area contributed by atoms with Crippen molar-refractivity contribution in [2.24, 2.45) is 0 Å². The fourth-order valence-electron chi connectivity index (χ4n) is 0.889. The van der Waals surface area contributed by atoms with Gasteiger partial charge in [0.05, 0.1) is 12.8 Å². The molecule has 0 saturated carbocycles. The average molecular weight is 185 g/mol. The summed E-state index contributed by atoms with van der Waals surface area (Å²) in [6.45, 7) is 1.38. The maximum absolute atomic E-state index is 13.1. The molecule has 0 aliphatic heterocycles. The Morgan fingerprint density at radius 2 is 2.31 bits per heavy atom. The van der Waals surface area contributed by atoms with Crippen molar-refractivity contribution >= 4 is 5.97 Å². The molecule has 0 aliphatic carbocycles. The van der Waals surface area contributed by atoms with Gasteiger partial charge >= 0.3 is 5.97 Å². The highest BCUT2D eigenvalue weighted by molar-refractivity contribution is 5.88. The lowest BCUT2D eigenvalue weighted by Gasteiger charge is -2.03. The van der Waals surface area contributed by atoms with Gasteiger partial charge in [0.2, 0.25) is 5.88 Å². The van der Waals surface area contributed by atoms with Crippen molar-refractivity contribution in [3.63, 3.8) is 0 Å². The van der Waals surface area contributed by atoms with Crippen LogP contribution in [0.4, 0.5) is 4.39 Å². The molecule has 1 N–H and O–H groups in total. The number of hydrogen-bond acceptors (Lipinski definition) is 3. The molecule has 0 spiro atoms. The quantitative estimate of drug-likeness (QED) is 0.752. The summed E-state index contributed by atoms with van der Waals surface area (Å²) >= 11 is 0. The van der Waals surface area contributed by atoms with E-state index in [4.69, 9.17) is 9.84 Å². The number of ether oxygens (including phenoxy) is 1. The van der Waals surface area contributed by atoms with E-state index in [2.05, 4.69) is 4.98 Å². The first kappa shape index (κ1) is 9.44. The molecule has 1 aromatic heterocycles. The number of nitrogens with zero attached hydrogens (tertiary/aromatic N) is 1. The van der Waals surface area contributed by atoms with Gasteiger partial charge in [0.25, 0.3) is 0 Å². The van der Waals surface area contributed by atoms with E-state index in [1.807, 2.05) is 0 Å². The van der Waals surface area contributed by atoms with E-state index in [1.165, 1.54) is 14.0 Å². The molecule has 1 rings (SSSR count). The van der Waals surface area contributed by atoms with Gasteiger partial charge in [0.15, 0.2) is 5.82 Å². The molecule has 13 heavy (non-hydrogen) atoms. The number of methoxy groups -OCH3 is 1. The lowest BCUT2D eigenvalue weighted by Crippen LogP contribution is -2.05. The number of halogens is 1. The lowest BCUT2D eigenvalue weighted by molar-refractivity contribution is 0.0691. The zero-order valence-electron chi connectivity index (χ0n) is 7.17. The Labute approximate surface area is 74.0 Å². The van der Waals surface area contributed by atoms with Gasteiger partial charge in [-0.1, -0.05) is 0 Å². The second-order valence-electron chi connectivity index (χ2n) is 2.42. The number of carboxylic acid groups (broad SMARTS) is 1. The van der Waals surface area contributed by atoms with Gasteiger partial charge < -0.3 is 9.84 Å². The molecule has 1 aromatic rings. The van der Waals surface area contributed by atoms with E-state index in [1.54, 1.807) is 0 Å². The van der Waals surface area contributed by atoms with Crippen molar-refractivity contribution in [3.05, 3.63) is 23.1 Å². The zero-order valence-corrected chi connectivity index (χ0v) is 7.17. The van der Waals surface area contributed by atoms with Crippen molar-refractivity contribution in [3.8, 4) is 5.88 Å². The fraction of sp³-hybridized carbons (Fsp3) is 0.250. The minimum atomic E-state index is -1.33. The van der Waals surface area contributed by atoms with Gasteiger partial charge in [-0.05, 0) is 6.92 Å². The standard InChI is InChI=1S/C8H8FNO3/c1-4-7(9)5(8(11)12)3-6(10-4)13-2/h3H,1-2H3,(H,11,12). The van der Waals surface area contributed by atoms with E-state index in [0.717, 1.165) is 6.07 Å². The smallest absolute Gasteiger partial charge is 0.338 e. The topological polar surface area (TPSA) is 59.4 Å². The van der Waals surface area contributed by atoms with E-state index in [0.29, 0.717) is 0 Å². The third kappa shape index (κ3) is 1.74. The monoisotopic (exact) mass is 185 g/mol. The zero-order chi connectivity index (χ0) is 10.0. The number of rotatable bonds is 2. The molecule has 5 heteroatoms. The third-order valence-corrected chi connectivity index (χ3v) is 1.54. The Morgan fingerprint density at radius 1 is 1.69 bits per heavy atom. The van der Waals surface area contributed by atoms with Crippen molar-refractivity contribution in [2.75, 3.05) is 7.11 Å². The summed E-state index contributed by atoms with van der Waals surface area (Å²) in [4.78, 5) is 14.2. The summed E-state index contributed by atoms with van der Waals surface area (Å²) in [5.74, 6) is -2.06. The molecule has 4 nitrogen and oxygen atoms in total. The molecular weight excluding hydrogens is 177 g/mol. The summed E-state index contributed by atoms with van der Waals surface area (Å²) in [6.07, 6.45) is 0. The molecule has 0 bridgehead atoms. The van der Waals surface area contributed by atoms with Crippen LogP contribution in [0.25, 0.3) is 0 Å². The fourth-order valence-corrected chi connectivity index (χ4v) is 0.889. The molecule has 0 atom stereocenters. The second kappa shape index (κ2) is 3.38. The molecule has 0 radical (unpaired) electrons. The van der Waals surface area contributed by atoms with Gasteiger partial charge in [0, 0.05) is 6.07 Å². The van der Waals surface area contributed by atoms with Crippen LogP contribution in [0.2, 0.25) is 0 Å². The highest BCUT2D eigenvalue weighted by atomic mass is 19.1. The molecule has 70 valence electrons. The van der Waals surface area contributed by atoms with E-state index < -0.39 is 17.3 Å². The Bertz CT molecular complexity index is 351. The van der Waals surface area contributed by atoms with Gasteiger partial charge in [-0.15, -0.1) is 0 Å². The molecule has 0 fully saturated rings. The van der Waals surface area contributed by atoms with Crippen LogP contribution in [-0.2, 0) is 0 Å². The minimum absolute atomic E-state index is 0.0109. The first-order chi connectivity index (χ1) is 6.06. The maximum Gasteiger partial charge on any atom is 0.338 e. The molecule has 0 unspecified atom stereocenters. The Kier molecular flexibility index (Phi) is 2.46. The second-order valence-corrected chi connectivity index (χ2v) is 2.42. The SMILES string of the molecule is COc1cc(C(=O)O)c(F)c(C)n1. The highest BCUT2D eigenvalue weighted by Gasteiger charge is 2.15.